The summed E-state index contributed by atoms with van der Waals surface area (Å²) in [6.45, 7) is 25.8. The molecule has 57 heavy (non-hydrogen) atoms. The number of carbonyl (C=O) groups is 2. The highest BCUT2D eigenvalue weighted by Gasteiger charge is 2.33. The highest BCUT2D eigenvalue weighted by molar-refractivity contribution is 6.76. The average molecular weight is 804 g/mol. The minimum Gasteiger partial charge on any atom is -0.492 e. The number of hydrogen-bond acceptors (Lipinski definition) is 7. The van der Waals surface area contributed by atoms with Crippen LogP contribution in [0.2, 0.25) is 25.7 Å². The summed E-state index contributed by atoms with van der Waals surface area (Å²) in [6, 6.07) is 18.0. The van der Waals surface area contributed by atoms with E-state index in [1.54, 1.807) is 30.0 Å². The first kappa shape index (κ1) is 47.5. The number of benzene rings is 2. The normalized spacial score (nSPS) is 12.9. The molecule has 0 unspecified atom stereocenters. The monoisotopic (exact) mass is 804 g/mol. The van der Waals surface area contributed by atoms with E-state index in [0.717, 1.165) is 58.6 Å². The molecular formula is C45H70BN3O7Si. The summed E-state index contributed by atoms with van der Waals surface area (Å²) in [5.74, 6) is 0.670. The van der Waals surface area contributed by atoms with Gasteiger partial charge in [0.25, 0.3) is 0 Å². The van der Waals surface area contributed by atoms with Gasteiger partial charge in [-0.25, -0.2) is 4.79 Å². The van der Waals surface area contributed by atoms with Crippen LogP contribution in [0.15, 0.2) is 72.4 Å². The van der Waals surface area contributed by atoms with Gasteiger partial charge in [-0.05, 0) is 113 Å². The van der Waals surface area contributed by atoms with Crippen LogP contribution in [0, 0.1) is 0 Å². The Labute approximate surface area is 344 Å². The summed E-state index contributed by atoms with van der Waals surface area (Å²) >= 11 is 0. The molecule has 0 N–H and O–H groups in total. The second-order valence-corrected chi connectivity index (χ2v) is 23.1. The zero-order valence-electron chi connectivity index (χ0n) is 37.2. The summed E-state index contributed by atoms with van der Waals surface area (Å²) in [7, 11) is 1.74. The van der Waals surface area contributed by atoms with E-state index in [1.165, 1.54) is 0 Å². The third-order valence-corrected chi connectivity index (χ3v) is 11.3. The Balaban J connectivity index is 1.93. The van der Waals surface area contributed by atoms with Gasteiger partial charge in [-0.2, -0.15) is 0 Å². The fourth-order valence-electron chi connectivity index (χ4n) is 5.88. The Hall–Kier alpha value is -3.84. The van der Waals surface area contributed by atoms with Gasteiger partial charge in [0.2, 0.25) is 5.91 Å². The van der Waals surface area contributed by atoms with Crippen molar-refractivity contribution in [1.29, 1.82) is 0 Å². The maximum absolute atomic E-state index is 13.1. The number of amides is 2. The number of fused-ring (bicyclic) bond motifs is 1. The number of hydrogen-bond donors (Lipinski definition) is 0. The van der Waals surface area contributed by atoms with Crippen LogP contribution >= 0.6 is 0 Å². The minimum atomic E-state index is -1.17. The van der Waals surface area contributed by atoms with E-state index in [9.17, 15) is 9.59 Å². The van der Waals surface area contributed by atoms with Crippen molar-refractivity contribution in [3.05, 3.63) is 83.5 Å². The van der Waals surface area contributed by atoms with Gasteiger partial charge in [0.1, 0.15) is 24.7 Å². The maximum atomic E-state index is 13.1. The number of nitrogens with zero attached hydrogens (tertiary/aromatic N) is 3. The van der Waals surface area contributed by atoms with E-state index in [-0.39, 0.29) is 24.5 Å². The van der Waals surface area contributed by atoms with E-state index in [0.29, 0.717) is 32.2 Å². The number of ether oxygens (including phenoxy) is 3. The molecule has 0 saturated carbocycles. The first-order valence-electron chi connectivity index (χ1n) is 20.5. The van der Waals surface area contributed by atoms with Crippen molar-refractivity contribution in [3.63, 3.8) is 0 Å². The highest BCUT2D eigenvalue weighted by atomic mass is 28.3. The van der Waals surface area contributed by atoms with Crippen molar-refractivity contribution in [3.8, 4) is 5.75 Å². The Morgan fingerprint density at radius 2 is 1.58 bits per heavy atom. The van der Waals surface area contributed by atoms with Crippen LogP contribution in [0.1, 0.15) is 85.8 Å². The molecule has 0 fully saturated rings. The van der Waals surface area contributed by atoms with Crippen LogP contribution in [0.3, 0.4) is 0 Å². The first-order chi connectivity index (χ1) is 26.8. The van der Waals surface area contributed by atoms with Crippen LogP contribution in [-0.2, 0) is 30.3 Å². The van der Waals surface area contributed by atoms with Gasteiger partial charge in [-0.15, -0.1) is 0 Å². The third-order valence-electron chi connectivity index (χ3n) is 9.58. The van der Waals surface area contributed by atoms with E-state index >= 15 is 0 Å². The molecule has 0 spiro atoms. The van der Waals surface area contributed by atoms with E-state index in [4.69, 9.17) is 23.5 Å². The molecule has 0 aliphatic rings. The van der Waals surface area contributed by atoms with Crippen LogP contribution in [0.4, 0.5) is 4.79 Å². The summed E-state index contributed by atoms with van der Waals surface area (Å²) in [4.78, 5) is 28.2. The molecule has 1 aromatic heterocycles. The second-order valence-electron chi connectivity index (χ2n) is 17.4. The van der Waals surface area contributed by atoms with Crippen molar-refractivity contribution in [2.75, 3.05) is 47.0 Å². The predicted molar refractivity (Wildman–Crippen MR) is 237 cm³/mol. The quantitative estimate of drug-likeness (QED) is 0.0568. The van der Waals surface area contributed by atoms with E-state index in [1.807, 2.05) is 45.9 Å². The molecule has 12 heteroatoms. The number of rotatable bonds is 22. The van der Waals surface area contributed by atoms with Crippen LogP contribution < -0.4 is 4.74 Å². The van der Waals surface area contributed by atoms with Crippen LogP contribution in [0.25, 0.3) is 16.5 Å². The summed E-state index contributed by atoms with van der Waals surface area (Å²) < 4.78 is 33.2. The molecule has 3 rings (SSSR count). The van der Waals surface area contributed by atoms with Gasteiger partial charge in [0, 0.05) is 65.5 Å². The highest BCUT2D eigenvalue weighted by Crippen LogP contribution is 2.35. The number of aromatic nitrogens is 1. The van der Waals surface area contributed by atoms with Crippen molar-refractivity contribution < 1.29 is 33.1 Å². The Kier molecular flexibility index (Phi) is 18.2. The summed E-state index contributed by atoms with van der Waals surface area (Å²) in [5, 5.41) is 1.13. The fraction of sp³-hybridized carbons (Fsp3) is 0.556. The average Bonchev–Trinajstić information content (AvgIpc) is 3.54. The lowest BCUT2D eigenvalue weighted by Gasteiger charge is -2.30. The maximum Gasteiger partial charge on any atom is 0.490 e. The number of allylic oxidation sites excluding steroid dienone is 1. The molecule has 10 nitrogen and oxygen atoms in total. The minimum absolute atomic E-state index is 0.00933. The van der Waals surface area contributed by atoms with Gasteiger partial charge in [-0.3, -0.25) is 4.79 Å². The summed E-state index contributed by atoms with van der Waals surface area (Å²) in [6.07, 6.45) is 7.07. The summed E-state index contributed by atoms with van der Waals surface area (Å²) in [5.41, 5.74) is 4.31. The lowest BCUT2D eigenvalue weighted by atomic mass is 9.69. The van der Waals surface area contributed by atoms with Crippen molar-refractivity contribution >= 4 is 43.7 Å². The Bertz CT molecular complexity index is 1790. The van der Waals surface area contributed by atoms with Crippen LogP contribution in [0.5, 0.6) is 5.75 Å². The molecule has 2 amide bonds. The molecule has 314 valence electrons. The molecule has 0 saturated heterocycles. The molecule has 3 aromatic rings. The Morgan fingerprint density at radius 1 is 0.895 bits per heavy atom. The standard InChI is InChI=1S/C45H70BN3O7Si/c1-14-39(46(54-16-3)56-45(7,8)15-2)42(37-22-25-40-36(33-37)26-28-49(40)34-52-31-32-57(11,12)13)35-20-23-38(24-21-35)53-30-29-48(43(51)55-44(4,5)6)27-18-17-19-41(50)47(9)10/h17-18,20-26,28,33H,14-16,19,27,29-32,34H2,1-13H3/b18-17+,42-39+. The number of carbonyl (C=O) groups excluding carboxylic acids is 2. The lowest BCUT2D eigenvalue weighted by Crippen LogP contribution is -2.39. The smallest absolute Gasteiger partial charge is 0.490 e. The topological polar surface area (TPSA) is 91.7 Å². The molecule has 0 aliphatic heterocycles. The Morgan fingerprint density at radius 3 is 2.18 bits per heavy atom. The molecule has 0 bridgehead atoms. The van der Waals surface area contributed by atoms with Gasteiger partial charge in [-0.1, -0.05) is 63.8 Å². The molecule has 2 aromatic carbocycles. The molecule has 0 radical (unpaired) electrons. The van der Waals surface area contributed by atoms with Crippen molar-refractivity contribution in [1.82, 2.24) is 14.4 Å². The van der Waals surface area contributed by atoms with Gasteiger partial charge in [0.15, 0.2) is 0 Å². The molecule has 0 aliphatic carbocycles. The molecule has 1 heterocycles. The van der Waals surface area contributed by atoms with Gasteiger partial charge < -0.3 is 37.9 Å². The molecule has 0 atom stereocenters. The SMILES string of the molecule is CCOB(OC(C)(C)CC)/C(CC)=C(\c1ccc(OCCN(C/C=C/CC(=O)N(C)C)C(=O)OC(C)(C)C)cc1)c1ccc2c(ccn2COCC[Si](C)(C)C)c1. The largest absolute Gasteiger partial charge is 0.492 e. The van der Waals surface area contributed by atoms with Crippen LogP contribution in [-0.4, -0.2) is 99.8 Å². The first-order valence-corrected chi connectivity index (χ1v) is 24.2. The third kappa shape index (κ3) is 15.8. The van der Waals surface area contributed by atoms with E-state index < -0.39 is 26.9 Å². The molecular weight excluding hydrogens is 733 g/mol. The van der Waals surface area contributed by atoms with Gasteiger partial charge >= 0.3 is 13.2 Å². The zero-order valence-corrected chi connectivity index (χ0v) is 38.2. The fourth-order valence-corrected chi connectivity index (χ4v) is 6.64. The second kappa shape index (κ2) is 21.8. The lowest BCUT2D eigenvalue weighted by molar-refractivity contribution is -0.127. The predicted octanol–water partition coefficient (Wildman–Crippen LogP) is 10.1. The van der Waals surface area contributed by atoms with E-state index in [2.05, 4.69) is 94.5 Å². The van der Waals surface area contributed by atoms with Crippen molar-refractivity contribution in [2.24, 2.45) is 0 Å². The zero-order chi connectivity index (χ0) is 42.4. The van der Waals surface area contributed by atoms with Gasteiger partial charge in [0.05, 0.1) is 12.1 Å². The van der Waals surface area contributed by atoms with Crippen molar-refractivity contribution in [2.45, 2.75) is 118 Å².